The number of methoxy groups -OCH3 is 1. The topological polar surface area (TPSA) is 67.4 Å². The van der Waals surface area contributed by atoms with E-state index in [-0.39, 0.29) is 11.8 Å². The number of hydrogen-bond acceptors (Lipinski definition) is 4. The Hall–Kier alpha value is -0.170. The molecule has 15 heavy (non-hydrogen) atoms. The maximum Gasteiger partial charge on any atom is 0.211 e. The molecule has 0 aromatic rings. The zero-order valence-corrected chi connectivity index (χ0v) is 9.98. The summed E-state index contributed by atoms with van der Waals surface area (Å²) in [5.74, 6) is 0.150. The molecule has 1 aliphatic rings. The lowest BCUT2D eigenvalue weighted by Gasteiger charge is -2.23. The van der Waals surface area contributed by atoms with Gasteiger partial charge >= 0.3 is 0 Å². The molecule has 2 N–H and O–H groups in total. The summed E-state index contributed by atoms with van der Waals surface area (Å²) in [6.07, 6.45) is 2.51. The van der Waals surface area contributed by atoms with E-state index in [2.05, 4.69) is 10.0 Å². The van der Waals surface area contributed by atoms with Crippen LogP contribution in [0.3, 0.4) is 0 Å². The molecular weight excluding hydrogens is 216 g/mol. The second-order valence-electron chi connectivity index (χ2n) is 3.83. The number of sulfonamides is 1. The normalized spacial score (nSPS) is 22.9. The molecule has 1 saturated heterocycles. The predicted molar refractivity (Wildman–Crippen MR) is 59.3 cm³/mol. The molecule has 0 spiro atoms. The SMILES string of the molecule is COCCCS(=O)(=O)N[C@H]1CCCNC1. The number of nitrogens with one attached hydrogen (secondary N) is 2. The second kappa shape index (κ2) is 6.42. The average molecular weight is 236 g/mol. The zero-order chi connectivity index (χ0) is 11.1. The van der Waals surface area contributed by atoms with Gasteiger partial charge in [-0.15, -0.1) is 0 Å². The molecule has 0 unspecified atom stereocenters. The predicted octanol–water partition coefficient (Wildman–Crippen LogP) is -0.306. The van der Waals surface area contributed by atoms with Gasteiger partial charge in [0.15, 0.2) is 0 Å². The van der Waals surface area contributed by atoms with Crippen LogP contribution in [0.1, 0.15) is 19.3 Å². The Bertz CT molecular complexity index is 261. The van der Waals surface area contributed by atoms with Crippen LogP contribution in [0.5, 0.6) is 0 Å². The van der Waals surface area contributed by atoms with Crippen LogP contribution in [-0.2, 0) is 14.8 Å². The van der Waals surface area contributed by atoms with Gasteiger partial charge in [-0.1, -0.05) is 0 Å². The van der Waals surface area contributed by atoms with Crippen LogP contribution in [0.4, 0.5) is 0 Å². The van der Waals surface area contributed by atoms with Gasteiger partial charge in [0, 0.05) is 26.3 Å². The van der Waals surface area contributed by atoms with Gasteiger partial charge < -0.3 is 10.1 Å². The van der Waals surface area contributed by atoms with Crippen LogP contribution >= 0.6 is 0 Å². The number of hydrogen-bond donors (Lipinski definition) is 2. The number of rotatable bonds is 6. The quantitative estimate of drug-likeness (QED) is 0.621. The highest BCUT2D eigenvalue weighted by atomic mass is 32.2. The third-order valence-electron chi connectivity index (χ3n) is 2.40. The summed E-state index contributed by atoms with van der Waals surface area (Å²) >= 11 is 0. The van der Waals surface area contributed by atoms with Crippen molar-refractivity contribution in [2.75, 3.05) is 32.6 Å². The summed E-state index contributed by atoms with van der Waals surface area (Å²) in [5.41, 5.74) is 0. The first kappa shape index (κ1) is 12.9. The molecule has 0 radical (unpaired) electrons. The van der Waals surface area contributed by atoms with Crippen LogP contribution in [0.2, 0.25) is 0 Å². The molecular formula is C9H20N2O3S. The first-order valence-electron chi connectivity index (χ1n) is 5.34. The first-order valence-corrected chi connectivity index (χ1v) is 6.99. The van der Waals surface area contributed by atoms with E-state index >= 15 is 0 Å². The van der Waals surface area contributed by atoms with Crippen LogP contribution < -0.4 is 10.0 Å². The van der Waals surface area contributed by atoms with Gasteiger partial charge in [-0.2, -0.15) is 0 Å². The summed E-state index contributed by atoms with van der Waals surface area (Å²) < 4.78 is 30.7. The maximum absolute atomic E-state index is 11.6. The summed E-state index contributed by atoms with van der Waals surface area (Å²) in [7, 11) is -1.55. The monoisotopic (exact) mass is 236 g/mol. The average Bonchev–Trinajstić information content (AvgIpc) is 2.18. The Kier molecular flexibility index (Phi) is 5.52. The summed E-state index contributed by atoms with van der Waals surface area (Å²) in [4.78, 5) is 0. The summed E-state index contributed by atoms with van der Waals surface area (Å²) in [6, 6.07) is 0.0614. The molecule has 1 atom stereocenters. The molecule has 0 aliphatic carbocycles. The largest absolute Gasteiger partial charge is 0.385 e. The molecule has 0 aromatic carbocycles. The molecule has 90 valence electrons. The molecule has 0 amide bonds. The van der Waals surface area contributed by atoms with Crippen molar-refractivity contribution in [3.05, 3.63) is 0 Å². The molecule has 5 nitrogen and oxygen atoms in total. The molecule has 0 bridgehead atoms. The van der Waals surface area contributed by atoms with Crippen LogP contribution in [0, 0.1) is 0 Å². The van der Waals surface area contributed by atoms with E-state index in [1.54, 1.807) is 7.11 Å². The fourth-order valence-electron chi connectivity index (χ4n) is 1.66. The lowest BCUT2D eigenvalue weighted by Crippen LogP contribution is -2.46. The Balaban J connectivity index is 2.27. The maximum atomic E-state index is 11.6. The minimum absolute atomic E-state index is 0.0614. The van der Waals surface area contributed by atoms with Crippen LogP contribution in [0.25, 0.3) is 0 Å². The van der Waals surface area contributed by atoms with E-state index in [9.17, 15) is 8.42 Å². The zero-order valence-electron chi connectivity index (χ0n) is 9.16. The van der Waals surface area contributed by atoms with E-state index in [0.29, 0.717) is 13.0 Å². The summed E-state index contributed by atoms with van der Waals surface area (Å²) in [5, 5.41) is 3.17. The van der Waals surface area contributed by atoms with E-state index < -0.39 is 10.0 Å². The molecule has 0 aromatic heterocycles. The van der Waals surface area contributed by atoms with Gasteiger partial charge in [0.25, 0.3) is 0 Å². The van der Waals surface area contributed by atoms with Gasteiger partial charge in [0.2, 0.25) is 10.0 Å². The molecule has 1 heterocycles. The Morgan fingerprint density at radius 3 is 2.93 bits per heavy atom. The highest BCUT2D eigenvalue weighted by molar-refractivity contribution is 7.89. The van der Waals surface area contributed by atoms with E-state index in [1.807, 2.05) is 0 Å². The lowest BCUT2D eigenvalue weighted by molar-refractivity contribution is 0.199. The van der Waals surface area contributed by atoms with E-state index in [0.717, 1.165) is 25.9 Å². The third kappa shape index (κ3) is 5.46. The molecule has 1 aliphatic heterocycles. The number of ether oxygens (including phenoxy) is 1. The van der Waals surface area contributed by atoms with Gasteiger partial charge in [-0.3, -0.25) is 0 Å². The van der Waals surface area contributed by atoms with E-state index in [4.69, 9.17) is 4.74 Å². The van der Waals surface area contributed by atoms with Crippen LogP contribution in [0.15, 0.2) is 0 Å². The van der Waals surface area contributed by atoms with Gasteiger partial charge in [0.1, 0.15) is 0 Å². The highest BCUT2D eigenvalue weighted by Crippen LogP contribution is 2.03. The van der Waals surface area contributed by atoms with Crippen molar-refractivity contribution in [3.63, 3.8) is 0 Å². The Morgan fingerprint density at radius 1 is 1.53 bits per heavy atom. The fourth-order valence-corrected chi connectivity index (χ4v) is 2.98. The Morgan fingerprint density at radius 2 is 2.33 bits per heavy atom. The minimum atomic E-state index is -3.12. The van der Waals surface area contributed by atoms with Crippen molar-refractivity contribution in [3.8, 4) is 0 Å². The van der Waals surface area contributed by atoms with Gasteiger partial charge in [0.05, 0.1) is 5.75 Å². The summed E-state index contributed by atoms with van der Waals surface area (Å²) in [6.45, 7) is 2.22. The Labute approximate surface area is 91.6 Å². The molecule has 1 rings (SSSR count). The molecule has 0 saturated carbocycles. The first-order chi connectivity index (χ1) is 7.14. The van der Waals surface area contributed by atoms with Gasteiger partial charge in [-0.05, 0) is 25.8 Å². The smallest absolute Gasteiger partial charge is 0.211 e. The van der Waals surface area contributed by atoms with Gasteiger partial charge in [-0.25, -0.2) is 13.1 Å². The minimum Gasteiger partial charge on any atom is -0.385 e. The fraction of sp³-hybridized carbons (Fsp3) is 1.00. The third-order valence-corrected chi connectivity index (χ3v) is 3.92. The van der Waals surface area contributed by atoms with Crippen molar-refractivity contribution in [1.82, 2.24) is 10.0 Å². The molecule has 6 heteroatoms. The standard InChI is InChI=1S/C9H20N2O3S/c1-14-6-3-7-15(12,13)11-9-4-2-5-10-8-9/h9-11H,2-8H2,1H3/t9-/m0/s1. The lowest BCUT2D eigenvalue weighted by atomic mass is 10.1. The highest BCUT2D eigenvalue weighted by Gasteiger charge is 2.19. The van der Waals surface area contributed by atoms with Crippen molar-refractivity contribution in [2.45, 2.75) is 25.3 Å². The van der Waals surface area contributed by atoms with Crippen molar-refractivity contribution >= 4 is 10.0 Å². The van der Waals surface area contributed by atoms with E-state index in [1.165, 1.54) is 0 Å². The van der Waals surface area contributed by atoms with Crippen molar-refractivity contribution in [2.24, 2.45) is 0 Å². The van der Waals surface area contributed by atoms with Crippen molar-refractivity contribution in [1.29, 1.82) is 0 Å². The van der Waals surface area contributed by atoms with Crippen molar-refractivity contribution < 1.29 is 13.2 Å². The van der Waals surface area contributed by atoms with Crippen LogP contribution in [-0.4, -0.2) is 47.0 Å². The number of piperidine rings is 1. The second-order valence-corrected chi connectivity index (χ2v) is 5.70. The molecule has 1 fully saturated rings.